The third-order valence-corrected chi connectivity index (χ3v) is 4.85. The molecular weight excluding hydrogens is 306 g/mol. The maximum atomic E-state index is 12.3. The second-order valence-electron chi connectivity index (χ2n) is 6.92. The standard InChI is InChI=1S/C18H23N3O3/c22-18(19-10-13-5-6-13)14-3-1-7-21(11-14)12-15-9-17(24-20-15)16-4-2-8-23-16/h2,4,8-9,13-14H,1,3,5-7,10-12H2,(H,19,22). The number of amides is 1. The van der Waals surface area contributed by atoms with Crippen molar-refractivity contribution in [3.63, 3.8) is 0 Å². The fourth-order valence-electron chi connectivity index (χ4n) is 3.27. The van der Waals surface area contributed by atoms with E-state index in [9.17, 15) is 4.79 Å². The van der Waals surface area contributed by atoms with E-state index in [2.05, 4.69) is 15.4 Å². The van der Waals surface area contributed by atoms with Crippen molar-refractivity contribution in [1.29, 1.82) is 0 Å². The van der Waals surface area contributed by atoms with Gasteiger partial charge in [-0.2, -0.15) is 0 Å². The number of piperidine rings is 1. The predicted molar refractivity (Wildman–Crippen MR) is 87.9 cm³/mol. The molecule has 24 heavy (non-hydrogen) atoms. The van der Waals surface area contributed by atoms with Gasteiger partial charge in [0, 0.05) is 25.7 Å². The van der Waals surface area contributed by atoms with Gasteiger partial charge in [-0.3, -0.25) is 9.69 Å². The van der Waals surface area contributed by atoms with E-state index in [1.165, 1.54) is 12.8 Å². The Morgan fingerprint density at radius 2 is 2.25 bits per heavy atom. The quantitative estimate of drug-likeness (QED) is 0.882. The van der Waals surface area contributed by atoms with Crippen LogP contribution in [0, 0.1) is 11.8 Å². The molecule has 2 aliphatic rings. The highest BCUT2D eigenvalue weighted by molar-refractivity contribution is 5.79. The van der Waals surface area contributed by atoms with Crippen LogP contribution in [-0.4, -0.2) is 35.6 Å². The molecule has 1 saturated carbocycles. The Morgan fingerprint density at radius 3 is 3.04 bits per heavy atom. The minimum atomic E-state index is 0.0916. The van der Waals surface area contributed by atoms with Crippen LogP contribution < -0.4 is 5.32 Å². The van der Waals surface area contributed by atoms with Crippen molar-refractivity contribution >= 4 is 5.91 Å². The first kappa shape index (κ1) is 15.4. The van der Waals surface area contributed by atoms with Gasteiger partial charge in [0.25, 0.3) is 0 Å². The molecule has 128 valence electrons. The summed E-state index contributed by atoms with van der Waals surface area (Å²) in [4.78, 5) is 14.6. The summed E-state index contributed by atoms with van der Waals surface area (Å²) < 4.78 is 10.7. The maximum Gasteiger partial charge on any atom is 0.224 e. The summed E-state index contributed by atoms with van der Waals surface area (Å²) in [6.07, 6.45) is 6.17. The monoisotopic (exact) mass is 329 g/mol. The van der Waals surface area contributed by atoms with Crippen LogP contribution in [0.5, 0.6) is 0 Å². The lowest BCUT2D eigenvalue weighted by atomic mass is 9.97. The SMILES string of the molecule is O=C(NCC1CC1)C1CCCN(Cc2cc(-c3ccco3)on2)C1. The molecule has 2 fully saturated rings. The van der Waals surface area contributed by atoms with Crippen LogP contribution in [0.3, 0.4) is 0 Å². The van der Waals surface area contributed by atoms with E-state index >= 15 is 0 Å². The fourth-order valence-corrected chi connectivity index (χ4v) is 3.27. The molecule has 1 amide bonds. The summed E-state index contributed by atoms with van der Waals surface area (Å²) in [5, 5.41) is 7.24. The van der Waals surface area contributed by atoms with Crippen LogP contribution in [0.4, 0.5) is 0 Å². The van der Waals surface area contributed by atoms with Gasteiger partial charge in [-0.1, -0.05) is 5.16 Å². The fraction of sp³-hybridized carbons (Fsp3) is 0.556. The number of likely N-dealkylation sites (tertiary alicyclic amines) is 1. The Morgan fingerprint density at radius 1 is 1.33 bits per heavy atom. The van der Waals surface area contributed by atoms with Crippen molar-refractivity contribution in [3.8, 4) is 11.5 Å². The minimum absolute atomic E-state index is 0.0916. The molecule has 0 radical (unpaired) electrons. The largest absolute Gasteiger partial charge is 0.461 e. The van der Waals surface area contributed by atoms with Crippen molar-refractivity contribution in [1.82, 2.24) is 15.4 Å². The van der Waals surface area contributed by atoms with Gasteiger partial charge in [-0.25, -0.2) is 0 Å². The first-order valence-electron chi connectivity index (χ1n) is 8.77. The third kappa shape index (κ3) is 3.70. The Kier molecular flexibility index (Phi) is 4.38. The van der Waals surface area contributed by atoms with E-state index in [0.717, 1.165) is 44.1 Å². The lowest BCUT2D eigenvalue weighted by Crippen LogP contribution is -2.43. The van der Waals surface area contributed by atoms with Crippen LogP contribution in [-0.2, 0) is 11.3 Å². The summed E-state index contributed by atoms with van der Waals surface area (Å²) in [5.74, 6) is 2.36. The molecule has 1 aliphatic heterocycles. The highest BCUT2D eigenvalue weighted by Gasteiger charge is 2.28. The summed E-state index contributed by atoms with van der Waals surface area (Å²) in [5.41, 5.74) is 0.875. The number of hydrogen-bond donors (Lipinski definition) is 1. The van der Waals surface area contributed by atoms with E-state index in [1.807, 2.05) is 18.2 Å². The average Bonchev–Trinajstić information content (AvgIpc) is 3.07. The zero-order valence-corrected chi connectivity index (χ0v) is 13.7. The Balaban J connectivity index is 1.31. The molecule has 2 aromatic rings. The van der Waals surface area contributed by atoms with Crippen LogP contribution in [0.1, 0.15) is 31.4 Å². The number of furan rings is 1. The summed E-state index contributed by atoms with van der Waals surface area (Å²) in [6, 6.07) is 5.59. The van der Waals surface area contributed by atoms with Crippen molar-refractivity contribution in [2.24, 2.45) is 11.8 Å². The lowest BCUT2D eigenvalue weighted by Gasteiger charge is -2.31. The highest BCUT2D eigenvalue weighted by atomic mass is 16.5. The van der Waals surface area contributed by atoms with E-state index in [4.69, 9.17) is 8.94 Å². The average molecular weight is 329 g/mol. The number of hydrogen-bond acceptors (Lipinski definition) is 5. The second-order valence-corrected chi connectivity index (χ2v) is 6.92. The smallest absolute Gasteiger partial charge is 0.224 e. The molecule has 1 atom stereocenters. The normalized spacial score (nSPS) is 21.8. The van der Waals surface area contributed by atoms with Gasteiger partial charge in [-0.15, -0.1) is 0 Å². The van der Waals surface area contributed by atoms with E-state index < -0.39 is 0 Å². The molecule has 0 aromatic carbocycles. The second kappa shape index (κ2) is 6.81. The Labute approximate surface area is 141 Å². The zero-order valence-electron chi connectivity index (χ0n) is 13.7. The first-order chi connectivity index (χ1) is 11.8. The number of nitrogens with zero attached hydrogens (tertiary/aromatic N) is 2. The number of nitrogens with one attached hydrogen (secondary N) is 1. The van der Waals surface area contributed by atoms with Gasteiger partial charge in [0.15, 0.2) is 5.76 Å². The van der Waals surface area contributed by atoms with Crippen LogP contribution in [0.25, 0.3) is 11.5 Å². The number of carbonyl (C=O) groups excluding carboxylic acids is 1. The molecule has 6 nitrogen and oxygen atoms in total. The summed E-state index contributed by atoms with van der Waals surface area (Å²) in [7, 11) is 0. The van der Waals surface area contributed by atoms with Gasteiger partial charge < -0.3 is 14.3 Å². The summed E-state index contributed by atoms with van der Waals surface area (Å²) in [6.45, 7) is 3.34. The van der Waals surface area contributed by atoms with Crippen molar-refractivity contribution in [3.05, 3.63) is 30.2 Å². The molecule has 1 aliphatic carbocycles. The maximum absolute atomic E-state index is 12.3. The van der Waals surface area contributed by atoms with E-state index in [1.54, 1.807) is 6.26 Å². The van der Waals surface area contributed by atoms with E-state index in [-0.39, 0.29) is 11.8 Å². The van der Waals surface area contributed by atoms with Crippen molar-refractivity contribution in [2.45, 2.75) is 32.2 Å². The molecule has 3 heterocycles. The van der Waals surface area contributed by atoms with E-state index in [0.29, 0.717) is 18.1 Å². The van der Waals surface area contributed by atoms with Crippen LogP contribution in [0.2, 0.25) is 0 Å². The topological polar surface area (TPSA) is 71.5 Å². The number of aromatic nitrogens is 1. The minimum Gasteiger partial charge on any atom is -0.461 e. The summed E-state index contributed by atoms with van der Waals surface area (Å²) >= 11 is 0. The van der Waals surface area contributed by atoms with Gasteiger partial charge in [0.05, 0.1) is 17.9 Å². The molecule has 2 aromatic heterocycles. The van der Waals surface area contributed by atoms with Gasteiger partial charge >= 0.3 is 0 Å². The highest BCUT2D eigenvalue weighted by Crippen LogP contribution is 2.28. The number of rotatable bonds is 6. The molecule has 0 bridgehead atoms. The predicted octanol–water partition coefficient (Wildman–Crippen LogP) is 2.67. The van der Waals surface area contributed by atoms with Crippen molar-refractivity contribution in [2.75, 3.05) is 19.6 Å². The molecular formula is C18H23N3O3. The third-order valence-electron chi connectivity index (χ3n) is 4.85. The molecule has 1 N–H and O–H groups in total. The first-order valence-corrected chi connectivity index (χ1v) is 8.77. The Bertz CT molecular complexity index is 676. The van der Waals surface area contributed by atoms with Gasteiger partial charge in [0.2, 0.25) is 11.7 Å². The molecule has 0 spiro atoms. The van der Waals surface area contributed by atoms with Gasteiger partial charge in [0.1, 0.15) is 0 Å². The lowest BCUT2D eigenvalue weighted by molar-refractivity contribution is -0.126. The molecule has 6 heteroatoms. The molecule has 4 rings (SSSR count). The molecule has 1 unspecified atom stereocenters. The molecule has 1 saturated heterocycles. The number of carbonyl (C=O) groups is 1. The van der Waals surface area contributed by atoms with Gasteiger partial charge in [-0.05, 0) is 50.3 Å². The Hall–Kier alpha value is -2.08. The van der Waals surface area contributed by atoms with Crippen molar-refractivity contribution < 1.29 is 13.7 Å². The van der Waals surface area contributed by atoms with Crippen LogP contribution in [0.15, 0.2) is 33.4 Å². The zero-order chi connectivity index (χ0) is 16.4. The van der Waals surface area contributed by atoms with Crippen LogP contribution >= 0.6 is 0 Å².